The van der Waals surface area contributed by atoms with Crippen LogP contribution in [0.5, 0.6) is 0 Å². The van der Waals surface area contributed by atoms with Gasteiger partial charge >= 0.3 is 12.1 Å². The van der Waals surface area contributed by atoms with Crippen LogP contribution in [0.4, 0.5) is 13.2 Å². The Kier molecular flexibility index (Phi) is 8.25. The lowest BCUT2D eigenvalue weighted by molar-refractivity contribution is -0.192. The summed E-state index contributed by atoms with van der Waals surface area (Å²) in [6.45, 7) is 1.91. The Labute approximate surface area is 184 Å². The Hall–Kier alpha value is -2.46. The van der Waals surface area contributed by atoms with Gasteiger partial charge in [-0.1, -0.05) is 12.2 Å². The van der Waals surface area contributed by atoms with Gasteiger partial charge in [-0.25, -0.2) is 4.79 Å². The number of rotatable bonds is 4. The third-order valence-corrected chi connectivity index (χ3v) is 5.89. The Morgan fingerprint density at radius 2 is 1.91 bits per heavy atom. The molecule has 1 aromatic rings. The van der Waals surface area contributed by atoms with E-state index in [0.717, 1.165) is 44.2 Å². The molecule has 1 N–H and O–H groups in total. The van der Waals surface area contributed by atoms with Crippen molar-refractivity contribution in [3.8, 4) is 0 Å². The SMILES string of the molecule is O=C(C1CC=CCC1)N1CCO[C@H]2[C@@H](OCc3ccncc3)CC[C@@H]21.O=C(O)C(F)(F)F. The number of carboxylic acids is 1. The molecule has 0 radical (unpaired) electrons. The number of fused-ring (bicyclic) bond motifs is 1. The molecule has 2 fully saturated rings. The van der Waals surface area contributed by atoms with Crippen molar-refractivity contribution in [1.29, 1.82) is 0 Å². The molecule has 4 rings (SSSR count). The van der Waals surface area contributed by atoms with E-state index in [4.69, 9.17) is 19.4 Å². The fraction of sp³-hybridized carbons (Fsp3) is 0.591. The molecule has 3 aliphatic rings. The maximum Gasteiger partial charge on any atom is 0.490 e. The monoisotopic (exact) mass is 456 g/mol. The zero-order valence-electron chi connectivity index (χ0n) is 17.5. The first-order valence-electron chi connectivity index (χ1n) is 10.6. The summed E-state index contributed by atoms with van der Waals surface area (Å²) in [7, 11) is 0. The summed E-state index contributed by atoms with van der Waals surface area (Å²) in [5.74, 6) is -2.29. The fourth-order valence-electron chi connectivity index (χ4n) is 4.30. The third kappa shape index (κ3) is 6.29. The first-order chi connectivity index (χ1) is 15.3. The largest absolute Gasteiger partial charge is 0.490 e. The number of hydrogen-bond acceptors (Lipinski definition) is 5. The van der Waals surface area contributed by atoms with Crippen molar-refractivity contribution in [1.82, 2.24) is 9.88 Å². The standard InChI is InChI=1S/C20H26N2O3.C2HF3O2/c23-20(16-4-2-1-3-5-16)22-12-13-24-19-17(22)6-7-18(19)25-14-15-8-10-21-11-9-15;3-2(4,5)1(6)7/h1-2,8-11,16-19H,3-7,12-14H2;(H,6,7)/t16?,17-,18-,19+;/m0./s1. The van der Waals surface area contributed by atoms with E-state index in [1.807, 2.05) is 12.1 Å². The second kappa shape index (κ2) is 10.9. The highest BCUT2D eigenvalue weighted by molar-refractivity contribution is 5.79. The van der Waals surface area contributed by atoms with Crippen LogP contribution in [0.3, 0.4) is 0 Å². The minimum absolute atomic E-state index is 0.0127. The highest BCUT2D eigenvalue weighted by atomic mass is 19.4. The molecule has 7 nitrogen and oxygen atoms in total. The molecule has 10 heteroatoms. The number of carbonyl (C=O) groups is 2. The number of hydrogen-bond donors (Lipinski definition) is 1. The number of aliphatic carboxylic acids is 1. The molecular weight excluding hydrogens is 429 g/mol. The van der Waals surface area contributed by atoms with E-state index in [0.29, 0.717) is 19.1 Å². The van der Waals surface area contributed by atoms with Crippen molar-refractivity contribution in [2.75, 3.05) is 13.2 Å². The second-order valence-corrected chi connectivity index (χ2v) is 8.00. The van der Waals surface area contributed by atoms with Crippen LogP contribution in [0, 0.1) is 5.92 Å². The Bertz CT molecular complexity index is 803. The van der Waals surface area contributed by atoms with E-state index in [2.05, 4.69) is 22.0 Å². The summed E-state index contributed by atoms with van der Waals surface area (Å²) in [6, 6.07) is 4.12. The van der Waals surface area contributed by atoms with Crippen molar-refractivity contribution in [3.05, 3.63) is 42.2 Å². The van der Waals surface area contributed by atoms with Crippen LogP contribution in [0.2, 0.25) is 0 Å². The number of allylic oxidation sites excluding steroid dienone is 2. The van der Waals surface area contributed by atoms with Gasteiger partial charge in [0, 0.05) is 24.9 Å². The van der Waals surface area contributed by atoms with Crippen LogP contribution in [0.1, 0.15) is 37.7 Å². The summed E-state index contributed by atoms with van der Waals surface area (Å²) in [4.78, 5) is 28.0. The summed E-state index contributed by atoms with van der Waals surface area (Å²) in [5.41, 5.74) is 1.12. The van der Waals surface area contributed by atoms with E-state index in [1.165, 1.54) is 0 Å². The molecule has 2 heterocycles. The van der Waals surface area contributed by atoms with Gasteiger partial charge in [0.25, 0.3) is 0 Å². The Morgan fingerprint density at radius 3 is 2.53 bits per heavy atom. The number of carboxylic acid groups (broad SMARTS) is 1. The minimum Gasteiger partial charge on any atom is -0.475 e. The van der Waals surface area contributed by atoms with Crippen molar-refractivity contribution in [2.24, 2.45) is 5.92 Å². The summed E-state index contributed by atoms with van der Waals surface area (Å²) in [5, 5.41) is 7.12. The predicted octanol–water partition coefficient (Wildman–Crippen LogP) is 3.35. The number of amides is 1. The van der Waals surface area contributed by atoms with Gasteiger partial charge in [0.05, 0.1) is 25.4 Å². The minimum atomic E-state index is -5.08. The lowest BCUT2D eigenvalue weighted by Crippen LogP contribution is -2.55. The number of aromatic nitrogens is 1. The summed E-state index contributed by atoms with van der Waals surface area (Å²) < 4.78 is 43.9. The van der Waals surface area contributed by atoms with Gasteiger partial charge in [-0.15, -0.1) is 0 Å². The molecule has 1 saturated carbocycles. The first-order valence-corrected chi connectivity index (χ1v) is 10.6. The average molecular weight is 456 g/mol. The topological polar surface area (TPSA) is 89.0 Å². The number of carbonyl (C=O) groups excluding carboxylic acids is 1. The molecule has 1 unspecified atom stereocenters. The van der Waals surface area contributed by atoms with Gasteiger partial charge in [-0.3, -0.25) is 9.78 Å². The van der Waals surface area contributed by atoms with E-state index >= 15 is 0 Å². The van der Waals surface area contributed by atoms with Crippen molar-refractivity contribution < 1.29 is 37.3 Å². The highest BCUT2D eigenvalue weighted by Crippen LogP contribution is 2.34. The molecule has 32 heavy (non-hydrogen) atoms. The highest BCUT2D eigenvalue weighted by Gasteiger charge is 2.46. The van der Waals surface area contributed by atoms with Crippen LogP contribution in [-0.2, 0) is 25.7 Å². The summed E-state index contributed by atoms with van der Waals surface area (Å²) >= 11 is 0. The molecular formula is C22H27F3N2O5. The van der Waals surface area contributed by atoms with Crippen LogP contribution >= 0.6 is 0 Å². The zero-order valence-corrected chi connectivity index (χ0v) is 17.5. The average Bonchev–Trinajstić information content (AvgIpc) is 3.21. The van der Waals surface area contributed by atoms with Gasteiger partial charge in [0.1, 0.15) is 6.10 Å². The molecule has 4 atom stereocenters. The molecule has 1 aromatic heterocycles. The maximum absolute atomic E-state index is 13.0. The van der Waals surface area contributed by atoms with Gasteiger partial charge in [-0.05, 0) is 49.8 Å². The molecule has 1 amide bonds. The quantitative estimate of drug-likeness (QED) is 0.699. The second-order valence-electron chi connectivity index (χ2n) is 8.00. The van der Waals surface area contributed by atoms with Crippen molar-refractivity contribution in [2.45, 2.75) is 63.1 Å². The number of ether oxygens (including phenoxy) is 2. The predicted molar refractivity (Wildman–Crippen MR) is 107 cm³/mol. The smallest absolute Gasteiger partial charge is 0.475 e. The van der Waals surface area contributed by atoms with E-state index in [9.17, 15) is 18.0 Å². The number of pyridine rings is 1. The van der Waals surface area contributed by atoms with E-state index < -0.39 is 12.1 Å². The normalized spacial score (nSPS) is 27.3. The van der Waals surface area contributed by atoms with Crippen molar-refractivity contribution in [3.63, 3.8) is 0 Å². The first kappa shape index (κ1) is 24.2. The molecule has 1 aliphatic heterocycles. The molecule has 0 aromatic carbocycles. The molecule has 0 spiro atoms. The van der Waals surface area contributed by atoms with Crippen LogP contribution in [-0.4, -0.2) is 64.4 Å². The third-order valence-electron chi connectivity index (χ3n) is 5.89. The van der Waals surface area contributed by atoms with Gasteiger partial charge in [-0.2, -0.15) is 13.2 Å². The van der Waals surface area contributed by atoms with E-state index in [-0.39, 0.29) is 24.2 Å². The number of nitrogens with zero attached hydrogens (tertiary/aromatic N) is 2. The summed E-state index contributed by atoms with van der Waals surface area (Å²) in [6.07, 6.45) is 7.71. The van der Waals surface area contributed by atoms with Gasteiger partial charge < -0.3 is 19.5 Å². The number of morpholine rings is 1. The van der Waals surface area contributed by atoms with Crippen LogP contribution < -0.4 is 0 Å². The Morgan fingerprint density at radius 1 is 1.19 bits per heavy atom. The van der Waals surface area contributed by atoms with Crippen LogP contribution in [0.15, 0.2) is 36.7 Å². The van der Waals surface area contributed by atoms with Gasteiger partial charge in [0.2, 0.25) is 5.91 Å². The maximum atomic E-state index is 13.0. The molecule has 176 valence electrons. The molecule has 0 bridgehead atoms. The van der Waals surface area contributed by atoms with Gasteiger partial charge in [0.15, 0.2) is 0 Å². The van der Waals surface area contributed by atoms with E-state index in [1.54, 1.807) is 12.4 Å². The lowest BCUT2D eigenvalue weighted by atomic mass is 9.92. The number of halogens is 3. The fourth-order valence-corrected chi connectivity index (χ4v) is 4.30. The zero-order chi connectivity index (χ0) is 23.1. The lowest BCUT2D eigenvalue weighted by Gasteiger charge is -2.40. The Balaban J connectivity index is 0.000000360. The number of alkyl halides is 3. The van der Waals surface area contributed by atoms with Crippen LogP contribution in [0.25, 0.3) is 0 Å². The molecule has 2 aliphatic carbocycles. The van der Waals surface area contributed by atoms with Crippen molar-refractivity contribution >= 4 is 11.9 Å². The molecule has 1 saturated heterocycles.